The summed E-state index contributed by atoms with van der Waals surface area (Å²) in [5.41, 5.74) is 1.70. The minimum atomic E-state index is -0.432. The zero-order valence-electron chi connectivity index (χ0n) is 12.7. The number of imidazole rings is 1. The Morgan fingerprint density at radius 3 is 2.82 bits per heavy atom. The molecule has 0 fully saturated rings. The Kier molecular flexibility index (Phi) is 4.20. The highest BCUT2D eigenvalue weighted by molar-refractivity contribution is 6.00. The zero-order valence-corrected chi connectivity index (χ0v) is 12.7. The SMILES string of the molecule is CC1(COCc2ccccc2)CCC(n2ccnc2)=CC1=O. The number of hydrogen-bond acceptors (Lipinski definition) is 3. The number of hydrogen-bond donors (Lipinski definition) is 0. The van der Waals surface area contributed by atoms with Gasteiger partial charge in [0.15, 0.2) is 5.78 Å². The predicted molar refractivity (Wildman–Crippen MR) is 84.9 cm³/mol. The van der Waals surface area contributed by atoms with Gasteiger partial charge in [0.25, 0.3) is 0 Å². The monoisotopic (exact) mass is 296 g/mol. The van der Waals surface area contributed by atoms with Crippen LogP contribution in [0.15, 0.2) is 55.1 Å². The van der Waals surface area contributed by atoms with Crippen molar-refractivity contribution in [3.8, 4) is 0 Å². The van der Waals surface area contributed by atoms with Gasteiger partial charge in [0, 0.05) is 24.2 Å². The molecule has 4 heteroatoms. The average Bonchev–Trinajstić information content (AvgIpc) is 3.06. The van der Waals surface area contributed by atoms with E-state index in [0.717, 1.165) is 24.1 Å². The molecular weight excluding hydrogens is 276 g/mol. The normalized spacial score (nSPS) is 21.7. The molecule has 1 atom stereocenters. The molecule has 0 radical (unpaired) electrons. The number of benzene rings is 1. The fraction of sp³-hybridized carbons (Fsp3) is 0.333. The summed E-state index contributed by atoms with van der Waals surface area (Å²) < 4.78 is 7.69. The number of carbonyl (C=O) groups is 1. The van der Waals surface area contributed by atoms with E-state index in [4.69, 9.17) is 4.74 Å². The van der Waals surface area contributed by atoms with Crippen LogP contribution in [-0.4, -0.2) is 21.9 Å². The molecule has 22 heavy (non-hydrogen) atoms. The Hall–Kier alpha value is -2.20. The first-order chi connectivity index (χ1) is 10.7. The third kappa shape index (κ3) is 3.17. The van der Waals surface area contributed by atoms with Crippen molar-refractivity contribution in [2.45, 2.75) is 26.4 Å². The molecule has 1 aliphatic carbocycles. The summed E-state index contributed by atoms with van der Waals surface area (Å²) >= 11 is 0. The van der Waals surface area contributed by atoms with Crippen molar-refractivity contribution in [2.75, 3.05) is 6.61 Å². The van der Waals surface area contributed by atoms with Crippen LogP contribution in [0.1, 0.15) is 25.3 Å². The van der Waals surface area contributed by atoms with E-state index < -0.39 is 5.41 Å². The lowest BCUT2D eigenvalue weighted by molar-refractivity contribution is -0.127. The van der Waals surface area contributed by atoms with Gasteiger partial charge < -0.3 is 9.30 Å². The molecule has 0 spiro atoms. The van der Waals surface area contributed by atoms with Gasteiger partial charge in [0.05, 0.1) is 25.0 Å². The molecule has 114 valence electrons. The maximum absolute atomic E-state index is 12.5. The van der Waals surface area contributed by atoms with E-state index >= 15 is 0 Å². The van der Waals surface area contributed by atoms with E-state index in [1.807, 2.05) is 48.0 Å². The highest BCUT2D eigenvalue weighted by Gasteiger charge is 2.35. The molecule has 1 aromatic carbocycles. The largest absolute Gasteiger partial charge is 0.376 e. The first-order valence-corrected chi connectivity index (χ1v) is 7.52. The lowest BCUT2D eigenvalue weighted by Crippen LogP contribution is -2.34. The van der Waals surface area contributed by atoms with Gasteiger partial charge in [-0.3, -0.25) is 4.79 Å². The van der Waals surface area contributed by atoms with Crippen LogP contribution in [0.25, 0.3) is 5.70 Å². The molecule has 1 aliphatic rings. The van der Waals surface area contributed by atoms with Crippen molar-refractivity contribution < 1.29 is 9.53 Å². The standard InChI is InChI=1S/C18H20N2O2/c1-18(13-22-12-15-5-3-2-4-6-15)8-7-16(11-17(18)21)20-10-9-19-14-20/h2-6,9-11,14H,7-8,12-13H2,1H3. The van der Waals surface area contributed by atoms with E-state index in [9.17, 15) is 4.79 Å². The molecule has 0 bridgehead atoms. The van der Waals surface area contributed by atoms with Crippen LogP contribution >= 0.6 is 0 Å². The van der Waals surface area contributed by atoms with E-state index in [2.05, 4.69) is 4.98 Å². The second kappa shape index (κ2) is 6.28. The lowest BCUT2D eigenvalue weighted by Gasteiger charge is -2.31. The Labute approximate surface area is 130 Å². The summed E-state index contributed by atoms with van der Waals surface area (Å²) in [6.45, 7) is 2.98. The van der Waals surface area contributed by atoms with Gasteiger partial charge in [-0.05, 0) is 18.4 Å². The maximum Gasteiger partial charge on any atom is 0.165 e. The van der Waals surface area contributed by atoms with Crippen molar-refractivity contribution in [3.63, 3.8) is 0 Å². The first kappa shape index (κ1) is 14.7. The molecule has 0 saturated heterocycles. The molecular formula is C18H20N2O2. The van der Waals surface area contributed by atoms with E-state index in [1.165, 1.54) is 0 Å². The Bertz CT molecular complexity index is 662. The molecule has 0 aliphatic heterocycles. The number of ketones is 1. The van der Waals surface area contributed by atoms with Crippen molar-refractivity contribution in [1.29, 1.82) is 0 Å². The lowest BCUT2D eigenvalue weighted by atomic mass is 9.77. The van der Waals surface area contributed by atoms with Crippen molar-refractivity contribution in [3.05, 3.63) is 60.7 Å². The Balaban J connectivity index is 1.61. The van der Waals surface area contributed by atoms with Crippen LogP contribution in [0.3, 0.4) is 0 Å². The summed E-state index contributed by atoms with van der Waals surface area (Å²) in [5, 5.41) is 0. The molecule has 0 saturated carbocycles. The third-order valence-corrected chi connectivity index (χ3v) is 4.19. The third-order valence-electron chi connectivity index (χ3n) is 4.19. The van der Waals surface area contributed by atoms with E-state index in [1.54, 1.807) is 18.6 Å². The Morgan fingerprint density at radius 2 is 2.14 bits per heavy atom. The average molecular weight is 296 g/mol. The molecule has 0 amide bonds. The number of nitrogens with zero attached hydrogens (tertiary/aromatic N) is 2. The maximum atomic E-state index is 12.5. The van der Waals surface area contributed by atoms with Gasteiger partial charge in [-0.1, -0.05) is 37.3 Å². The summed E-state index contributed by atoms with van der Waals surface area (Å²) in [4.78, 5) is 16.5. The minimum Gasteiger partial charge on any atom is -0.376 e. The molecule has 4 nitrogen and oxygen atoms in total. The molecule has 3 rings (SSSR count). The summed E-state index contributed by atoms with van der Waals surface area (Å²) in [5.74, 6) is 0.135. The molecule has 2 aromatic rings. The van der Waals surface area contributed by atoms with Crippen LogP contribution in [0.2, 0.25) is 0 Å². The first-order valence-electron chi connectivity index (χ1n) is 7.52. The van der Waals surface area contributed by atoms with Gasteiger partial charge in [0.1, 0.15) is 0 Å². The second-order valence-corrected chi connectivity index (χ2v) is 6.01. The summed E-state index contributed by atoms with van der Waals surface area (Å²) in [7, 11) is 0. The molecule has 1 unspecified atom stereocenters. The smallest absolute Gasteiger partial charge is 0.165 e. The quantitative estimate of drug-likeness (QED) is 0.850. The molecule has 0 N–H and O–H groups in total. The van der Waals surface area contributed by atoms with E-state index in [0.29, 0.717) is 13.2 Å². The summed E-state index contributed by atoms with van der Waals surface area (Å²) in [6.07, 6.45) is 8.71. The minimum absolute atomic E-state index is 0.135. The highest BCUT2D eigenvalue weighted by Crippen LogP contribution is 2.34. The zero-order chi connectivity index (χ0) is 15.4. The van der Waals surface area contributed by atoms with Crippen molar-refractivity contribution >= 4 is 11.5 Å². The summed E-state index contributed by atoms with van der Waals surface area (Å²) in [6, 6.07) is 10.0. The predicted octanol–water partition coefficient (Wildman–Crippen LogP) is 3.31. The number of carbonyl (C=O) groups excluding carboxylic acids is 1. The van der Waals surface area contributed by atoms with Crippen LogP contribution < -0.4 is 0 Å². The number of ether oxygens (including phenoxy) is 1. The Morgan fingerprint density at radius 1 is 1.32 bits per heavy atom. The second-order valence-electron chi connectivity index (χ2n) is 6.01. The fourth-order valence-corrected chi connectivity index (χ4v) is 2.67. The number of aromatic nitrogens is 2. The topological polar surface area (TPSA) is 44.1 Å². The van der Waals surface area contributed by atoms with Gasteiger partial charge in [0.2, 0.25) is 0 Å². The van der Waals surface area contributed by atoms with Gasteiger partial charge in [-0.2, -0.15) is 0 Å². The molecule has 1 aromatic heterocycles. The van der Waals surface area contributed by atoms with Crippen LogP contribution in [0, 0.1) is 5.41 Å². The van der Waals surface area contributed by atoms with Crippen molar-refractivity contribution in [1.82, 2.24) is 9.55 Å². The molecule has 1 heterocycles. The fourth-order valence-electron chi connectivity index (χ4n) is 2.67. The van der Waals surface area contributed by atoms with Crippen LogP contribution in [0.4, 0.5) is 0 Å². The number of rotatable bonds is 5. The van der Waals surface area contributed by atoms with Gasteiger partial charge in [-0.15, -0.1) is 0 Å². The van der Waals surface area contributed by atoms with Crippen LogP contribution in [0.5, 0.6) is 0 Å². The van der Waals surface area contributed by atoms with Crippen LogP contribution in [-0.2, 0) is 16.1 Å². The van der Waals surface area contributed by atoms with Gasteiger partial charge in [-0.25, -0.2) is 4.98 Å². The van der Waals surface area contributed by atoms with Gasteiger partial charge >= 0.3 is 0 Å². The highest BCUT2D eigenvalue weighted by atomic mass is 16.5. The van der Waals surface area contributed by atoms with E-state index in [-0.39, 0.29) is 5.78 Å². The van der Waals surface area contributed by atoms with Crippen molar-refractivity contribution in [2.24, 2.45) is 5.41 Å². The number of allylic oxidation sites excluding steroid dienone is 2.